The first-order valence-corrected chi connectivity index (χ1v) is 8.73. The van der Waals surface area contributed by atoms with E-state index >= 15 is 0 Å². The van der Waals surface area contributed by atoms with Crippen molar-refractivity contribution in [2.45, 2.75) is 6.04 Å². The number of carbonyl (C=O) groups excluding carboxylic acids is 1. The average molecular weight is 385 g/mol. The molecule has 26 heavy (non-hydrogen) atoms. The third kappa shape index (κ3) is 4.61. The van der Waals surface area contributed by atoms with Crippen molar-refractivity contribution >= 4 is 22.0 Å². The van der Waals surface area contributed by atoms with Crippen molar-refractivity contribution in [1.82, 2.24) is 5.32 Å². The number of amides is 1. The van der Waals surface area contributed by atoms with Gasteiger partial charge in [-0.05, 0) is 17.2 Å². The van der Waals surface area contributed by atoms with Crippen molar-refractivity contribution in [3.8, 4) is 11.1 Å². The number of hydrogen-bond acceptors (Lipinski definition) is 4. The first-order valence-electron chi connectivity index (χ1n) is 7.12. The van der Waals surface area contributed by atoms with E-state index in [4.69, 9.17) is 9.66 Å². The fourth-order valence-corrected chi connectivity index (χ4v) is 2.89. The molecule has 0 radical (unpaired) electrons. The molecule has 1 amide bonds. The Bertz CT molecular complexity index is 947. The SMILES string of the molecule is O=C(N[C@@H](CS(=O)(=O)O)C(=O)O)c1c(-c2ccccc2)ccc(F)c1F. The number of rotatable bonds is 6. The van der Waals surface area contributed by atoms with Gasteiger partial charge < -0.3 is 10.4 Å². The molecule has 0 aromatic heterocycles. The summed E-state index contributed by atoms with van der Waals surface area (Å²) in [5.74, 6) is -7.28. The fourth-order valence-electron chi connectivity index (χ4n) is 2.25. The van der Waals surface area contributed by atoms with E-state index in [1.165, 1.54) is 12.1 Å². The van der Waals surface area contributed by atoms with Crippen molar-refractivity contribution in [2.24, 2.45) is 0 Å². The average Bonchev–Trinajstić information content (AvgIpc) is 2.56. The predicted molar refractivity (Wildman–Crippen MR) is 87.1 cm³/mol. The molecule has 10 heteroatoms. The second-order valence-corrected chi connectivity index (χ2v) is 6.76. The predicted octanol–water partition coefficient (Wildman–Crippen LogP) is 1.70. The quantitative estimate of drug-likeness (QED) is 0.651. The molecule has 0 aliphatic rings. The molecule has 0 spiro atoms. The molecule has 2 aromatic rings. The van der Waals surface area contributed by atoms with E-state index in [0.717, 1.165) is 12.1 Å². The Labute approximate surface area is 147 Å². The van der Waals surface area contributed by atoms with E-state index in [0.29, 0.717) is 5.56 Å². The summed E-state index contributed by atoms with van der Waals surface area (Å²) in [6, 6.07) is 7.79. The van der Waals surface area contributed by atoms with Crippen molar-refractivity contribution in [1.29, 1.82) is 0 Å². The van der Waals surface area contributed by atoms with Gasteiger partial charge in [0, 0.05) is 0 Å². The molecular weight excluding hydrogens is 372 g/mol. The molecule has 0 aliphatic heterocycles. The molecule has 0 unspecified atom stereocenters. The maximum Gasteiger partial charge on any atom is 0.327 e. The van der Waals surface area contributed by atoms with Crippen LogP contribution in [0.25, 0.3) is 11.1 Å². The lowest BCUT2D eigenvalue weighted by molar-refractivity contribution is -0.138. The van der Waals surface area contributed by atoms with Gasteiger partial charge in [-0.25, -0.2) is 13.6 Å². The smallest absolute Gasteiger partial charge is 0.327 e. The summed E-state index contributed by atoms with van der Waals surface area (Å²) in [6.45, 7) is 0. The molecule has 2 aromatic carbocycles. The Morgan fingerprint density at radius 3 is 2.23 bits per heavy atom. The number of carboxylic acid groups (broad SMARTS) is 1. The largest absolute Gasteiger partial charge is 0.480 e. The Kier molecular flexibility index (Phi) is 5.68. The zero-order chi connectivity index (χ0) is 19.5. The van der Waals surface area contributed by atoms with Crippen LogP contribution in [0.4, 0.5) is 8.78 Å². The van der Waals surface area contributed by atoms with Gasteiger partial charge in [0.05, 0.1) is 5.56 Å². The van der Waals surface area contributed by atoms with Gasteiger partial charge in [-0.2, -0.15) is 8.42 Å². The third-order valence-corrected chi connectivity index (χ3v) is 4.14. The van der Waals surface area contributed by atoms with Gasteiger partial charge in [0.1, 0.15) is 11.8 Å². The molecule has 0 aliphatic carbocycles. The van der Waals surface area contributed by atoms with E-state index in [1.807, 2.05) is 0 Å². The summed E-state index contributed by atoms with van der Waals surface area (Å²) in [7, 11) is -4.74. The number of aliphatic carboxylic acids is 1. The van der Waals surface area contributed by atoms with Gasteiger partial charge in [0.25, 0.3) is 16.0 Å². The third-order valence-electron chi connectivity index (χ3n) is 3.39. The molecular formula is C16H13F2NO6S. The standard InChI is InChI=1S/C16H13F2NO6S/c17-11-7-6-10(9-4-2-1-3-5-9)13(14(11)18)15(20)19-12(16(21)22)8-26(23,24)25/h1-7,12H,8H2,(H,19,20)(H,21,22)(H,23,24,25)/t12-/m0/s1. The summed E-state index contributed by atoms with van der Waals surface area (Å²) in [5.41, 5.74) is -0.436. The summed E-state index contributed by atoms with van der Waals surface area (Å²) in [6.07, 6.45) is 0. The second-order valence-electron chi connectivity index (χ2n) is 5.26. The van der Waals surface area contributed by atoms with Crippen molar-refractivity contribution in [2.75, 3.05) is 5.75 Å². The lowest BCUT2D eigenvalue weighted by Crippen LogP contribution is -2.45. The zero-order valence-corrected chi connectivity index (χ0v) is 13.8. The first kappa shape index (κ1) is 19.5. The van der Waals surface area contributed by atoms with Crippen LogP contribution in [0.2, 0.25) is 0 Å². The van der Waals surface area contributed by atoms with Crippen LogP contribution in [0.1, 0.15) is 10.4 Å². The number of benzene rings is 2. The lowest BCUT2D eigenvalue weighted by atomic mass is 9.98. The zero-order valence-electron chi connectivity index (χ0n) is 13.0. The summed E-state index contributed by atoms with van der Waals surface area (Å²) >= 11 is 0. The summed E-state index contributed by atoms with van der Waals surface area (Å²) in [4.78, 5) is 23.4. The monoisotopic (exact) mass is 385 g/mol. The number of hydrogen-bond donors (Lipinski definition) is 3. The van der Waals surface area contributed by atoms with Gasteiger partial charge in [0.15, 0.2) is 11.6 Å². The van der Waals surface area contributed by atoms with E-state index in [9.17, 15) is 26.8 Å². The van der Waals surface area contributed by atoms with Crippen LogP contribution in [0.15, 0.2) is 42.5 Å². The van der Waals surface area contributed by atoms with Crippen LogP contribution in [0.5, 0.6) is 0 Å². The minimum absolute atomic E-state index is 0.0157. The minimum atomic E-state index is -4.74. The van der Waals surface area contributed by atoms with Gasteiger partial charge in [-0.15, -0.1) is 0 Å². The number of carbonyl (C=O) groups is 2. The Morgan fingerprint density at radius 1 is 1.08 bits per heavy atom. The molecule has 0 heterocycles. The molecule has 1 atom stereocenters. The van der Waals surface area contributed by atoms with Crippen molar-refractivity contribution < 1.29 is 36.4 Å². The normalized spacial score (nSPS) is 12.4. The van der Waals surface area contributed by atoms with E-state index in [-0.39, 0.29) is 5.56 Å². The molecule has 0 saturated heterocycles. The van der Waals surface area contributed by atoms with Gasteiger partial charge in [0.2, 0.25) is 0 Å². The highest BCUT2D eigenvalue weighted by atomic mass is 32.2. The molecule has 0 bridgehead atoms. The van der Waals surface area contributed by atoms with Crippen LogP contribution in [0.3, 0.4) is 0 Å². The highest BCUT2D eigenvalue weighted by molar-refractivity contribution is 7.85. The lowest BCUT2D eigenvalue weighted by Gasteiger charge is -2.16. The molecule has 138 valence electrons. The van der Waals surface area contributed by atoms with Gasteiger partial charge >= 0.3 is 5.97 Å². The minimum Gasteiger partial charge on any atom is -0.480 e. The molecule has 2 rings (SSSR count). The van der Waals surface area contributed by atoms with Crippen LogP contribution < -0.4 is 5.32 Å². The number of carboxylic acids is 1. The van der Waals surface area contributed by atoms with E-state index in [1.54, 1.807) is 23.5 Å². The second kappa shape index (κ2) is 7.58. The van der Waals surface area contributed by atoms with Crippen LogP contribution >= 0.6 is 0 Å². The molecule has 0 saturated carbocycles. The summed E-state index contributed by atoms with van der Waals surface area (Å²) in [5, 5.41) is 10.8. The summed E-state index contributed by atoms with van der Waals surface area (Å²) < 4.78 is 58.4. The highest BCUT2D eigenvalue weighted by Crippen LogP contribution is 2.27. The number of nitrogens with one attached hydrogen (secondary N) is 1. The molecule has 0 fully saturated rings. The van der Waals surface area contributed by atoms with Crippen LogP contribution in [-0.4, -0.2) is 41.7 Å². The Morgan fingerprint density at radius 2 is 1.69 bits per heavy atom. The topological polar surface area (TPSA) is 121 Å². The van der Waals surface area contributed by atoms with Crippen molar-refractivity contribution in [3.05, 3.63) is 59.7 Å². The Balaban J connectivity index is 2.48. The van der Waals surface area contributed by atoms with E-state index in [2.05, 4.69) is 0 Å². The van der Waals surface area contributed by atoms with Gasteiger partial charge in [-0.3, -0.25) is 9.35 Å². The van der Waals surface area contributed by atoms with Crippen molar-refractivity contribution in [3.63, 3.8) is 0 Å². The maximum atomic E-state index is 14.2. The van der Waals surface area contributed by atoms with Gasteiger partial charge in [-0.1, -0.05) is 36.4 Å². The first-order chi connectivity index (χ1) is 12.1. The fraction of sp³-hybridized carbons (Fsp3) is 0.125. The molecule has 3 N–H and O–H groups in total. The number of halogens is 2. The maximum absolute atomic E-state index is 14.2. The van der Waals surface area contributed by atoms with E-state index < -0.39 is 51.0 Å². The Hall–Kier alpha value is -2.85. The van der Waals surface area contributed by atoms with Crippen LogP contribution in [-0.2, 0) is 14.9 Å². The van der Waals surface area contributed by atoms with Crippen LogP contribution in [0, 0.1) is 11.6 Å². The highest BCUT2D eigenvalue weighted by Gasteiger charge is 2.29. The molecule has 7 nitrogen and oxygen atoms in total.